The Kier molecular flexibility index (Phi) is 4.08. The van der Waals surface area contributed by atoms with E-state index in [1.165, 1.54) is 6.07 Å². The largest absolute Gasteiger partial charge is 0.283 e. The van der Waals surface area contributed by atoms with Gasteiger partial charge in [-0.1, -0.05) is 36.4 Å². The third-order valence-electron chi connectivity index (χ3n) is 2.99. The quantitative estimate of drug-likeness (QED) is 0.482. The number of rotatable bonds is 4. The van der Waals surface area contributed by atoms with E-state index < -0.39 is 9.85 Å². The van der Waals surface area contributed by atoms with E-state index in [4.69, 9.17) is 0 Å². The maximum Gasteiger partial charge on any atom is 0.283 e. The van der Waals surface area contributed by atoms with E-state index in [1.54, 1.807) is 19.1 Å². The summed E-state index contributed by atoms with van der Waals surface area (Å²) in [6, 6.07) is 11.8. The molecular formula is C15H12N2O4. The van der Waals surface area contributed by atoms with E-state index in [-0.39, 0.29) is 11.4 Å². The molecule has 0 bridgehead atoms. The highest BCUT2D eigenvalue weighted by Gasteiger charge is 2.20. The molecule has 2 rings (SSSR count). The van der Waals surface area contributed by atoms with Gasteiger partial charge < -0.3 is 0 Å². The van der Waals surface area contributed by atoms with Crippen molar-refractivity contribution in [1.29, 1.82) is 0 Å². The Labute approximate surface area is 120 Å². The first-order chi connectivity index (χ1) is 9.99. The lowest BCUT2D eigenvalue weighted by Crippen LogP contribution is -1.97. The molecule has 6 heteroatoms. The summed E-state index contributed by atoms with van der Waals surface area (Å²) >= 11 is 0. The normalized spacial score (nSPS) is 10.7. The lowest BCUT2D eigenvalue weighted by Gasteiger charge is -2.01. The number of benzene rings is 2. The minimum Gasteiger partial charge on any atom is -0.258 e. The Hall–Kier alpha value is -3.02. The lowest BCUT2D eigenvalue weighted by atomic mass is 10.1. The minimum atomic E-state index is -0.618. The maximum atomic E-state index is 11.1. The van der Waals surface area contributed by atoms with Gasteiger partial charge in [0.2, 0.25) is 0 Å². The molecule has 2 aromatic rings. The molecule has 106 valence electrons. The molecule has 6 nitrogen and oxygen atoms in total. The zero-order chi connectivity index (χ0) is 15.4. The van der Waals surface area contributed by atoms with Crippen LogP contribution in [-0.4, -0.2) is 9.85 Å². The van der Waals surface area contributed by atoms with E-state index in [1.807, 2.05) is 30.3 Å². The second-order valence-electron chi connectivity index (χ2n) is 4.46. The SMILES string of the molecule is Cc1cc(/C=C/c2ccccc2)c([N+](=O)[O-])cc1[N+](=O)[O-]. The van der Waals surface area contributed by atoms with Crippen molar-refractivity contribution < 1.29 is 9.85 Å². The van der Waals surface area contributed by atoms with Gasteiger partial charge in [0.05, 0.1) is 21.5 Å². The van der Waals surface area contributed by atoms with Crippen LogP contribution in [0, 0.1) is 27.2 Å². The maximum absolute atomic E-state index is 11.1. The molecule has 0 fully saturated rings. The number of aryl methyl sites for hydroxylation is 1. The number of nitro benzene ring substituents is 2. The van der Waals surface area contributed by atoms with E-state index >= 15 is 0 Å². The summed E-state index contributed by atoms with van der Waals surface area (Å²) in [5, 5.41) is 21.9. The van der Waals surface area contributed by atoms with Crippen molar-refractivity contribution in [2.24, 2.45) is 0 Å². The molecular weight excluding hydrogens is 272 g/mol. The zero-order valence-electron chi connectivity index (χ0n) is 11.2. The number of nitro groups is 2. The van der Waals surface area contributed by atoms with Gasteiger partial charge in [0.1, 0.15) is 0 Å². The molecule has 0 radical (unpaired) electrons. The van der Waals surface area contributed by atoms with Crippen molar-refractivity contribution in [3.05, 3.63) is 79.4 Å². The third kappa shape index (κ3) is 3.30. The first kappa shape index (κ1) is 14.4. The topological polar surface area (TPSA) is 86.3 Å². The van der Waals surface area contributed by atoms with Crippen molar-refractivity contribution in [3.8, 4) is 0 Å². The van der Waals surface area contributed by atoms with E-state index in [2.05, 4.69) is 0 Å². The van der Waals surface area contributed by atoms with Gasteiger partial charge in [-0.3, -0.25) is 20.2 Å². The van der Waals surface area contributed by atoms with Crippen molar-refractivity contribution in [2.45, 2.75) is 6.92 Å². The summed E-state index contributed by atoms with van der Waals surface area (Å²) in [5.74, 6) is 0. The molecule has 0 spiro atoms. The van der Waals surface area contributed by atoms with Gasteiger partial charge >= 0.3 is 0 Å². The highest BCUT2D eigenvalue weighted by atomic mass is 16.6. The van der Waals surface area contributed by atoms with Crippen LogP contribution in [0.2, 0.25) is 0 Å². The monoisotopic (exact) mass is 284 g/mol. The summed E-state index contributed by atoms with van der Waals surface area (Å²) in [6.45, 7) is 1.56. The van der Waals surface area contributed by atoms with Crippen LogP contribution >= 0.6 is 0 Å². The summed E-state index contributed by atoms with van der Waals surface area (Å²) in [5.41, 5.74) is 1.09. The van der Waals surface area contributed by atoms with Crippen LogP contribution in [0.1, 0.15) is 16.7 Å². The van der Waals surface area contributed by atoms with Crippen LogP contribution in [0.4, 0.5) is 11.4 Å². The van der Waals surface area contributed by atoms with Crippen LogP contribution in [-0.2, 0) is 0 Å². The summed E-state index contributed by atoms with van der Waals surface area (Å²) in [6.07, 6.45) is 3.32. The lowest BCUT2D eigenvalue weighted by molar-refractivity contribution is -0.394. The van der Waals surface area contributed by atoms with Gasteiger partial charge in [0.25, 0.3) is 11.4 Å². The molecule has 0 aliphatic carbocycles. The Morgan fingerprint density at radius 3 is 2.10 bits per heavy atom. The van der Waals surface area contributed by atoms with E-state index in [0.29, 0.717) is 11.1 Å². The standard InChI is InChI=1S/C15H12N2O4/c1-11-9-13(8-7-12-5-3-2-4-6-12)15(17(20)21)10-14(11)16(18)19/h2-10H,1H3/b8-7+. The molecule has 0 aromatic heterocycles. The Balaban J connectivity index is 2.48. The van der Waals surface area contributed by atoms with E-state index in [9.17, 15) is 20.2 Å². The second-order valence-corrected chi connectivity index (χ2v) is 4.46. The van der Waals surface area contributed by atoms with Crippen LogP contribution in [0.25, 0.3) is 12.2 Å². The van der Waals surface area contributed by atoms with Crippen LogP contribution in [0.3, 0.4) is 0 Å². The fourth-order valence-electron chi connectivity index (χ4n) is 1.95. The van der Waals surface area contributed by atoms with Gasteiger partial charge in [0, 0.05) is 5.56 Å². The van der Waals surface area contributed by atoms with Crippen LogP contribution in [0.15, 0.2) is 42.5 Å². The van der Waals surface area contributed by atoms with Crippen molar-refractivity contribution in [2.75, 3.05) is 0 Å². The van der Waals surface area contributed by atoms with Crippen LogP contribution < -0.4 is 0 Å². The molecule has 0 amide bonds. The molecule has 2 aromatic carbocycles. The highest BCUT2D eigenvalue weighted by molar-refractivity contribution is 5.76. The van der Waals surface area contributed by atoms with Crippen LogP contribution in [0.5, 0.6) is 0 Å². The molecule has 0 aliphatic heterocycles. The number of hydrogen-bond donors (Lipinski definition) is 0. The van der Waals surface area contributed by atoms with Gasteiger partial charge in [-0.2, -0.15) is 0 Å². The Morgan fingerprint density at radius 2 is 1.52 bits per heavy atom. The van der Waals surface area contributed by atoms with Gasteiger partial charge in [-0.15, -0.1) is 0 Å². The fraction of sp³-hybridized carbons (Fsp3) is 0.0667. The van der Waals surface area contributed by atoms with Crippen molar-refractivity contribution in [3.63, 3.8) is 0 Å². The molecule has 0 N–H and O–H groups in total. The second kappa shape index (κ2) is 5.96. The number of hydrogen-bond acceptors (Lipinski definition) is 4. The number of nitrogens with zero attached hydrogens (tertiary/aromatic N) is 2. The summed E-state index contributed by atoms with van der Waals surface area (Å²) in [7, 11) is 0. The molecule has 0 atom stereocenters. The first-order valence-electron chi connectivity index (χ1n) is 6.15. The van der Waals surface area contributed by atoms with Gasteiger partial charge in [-0.05, 0) is 24.6 Å². The molecule has 21 heavy (non-hydrogen) atoms. The van der Waals surface area contributed by atoms with E-state index in [0.717, 1.165) is 11.6 Å². The van der Waals surface area contributed by atoms with Gasteiger partial charge in [0.15, 0.2) is 0 Å². The predicted octanol–water partition coefficient (Wildman–Crippen LogP) is 3.98. The van der Waals surface area contributed by atoms with Crippen molar-refractivity contribution >= 4 is 23.5 Å². The smallest absolute Gasteiger partial charge is 0.258 e. The Morgan fingerprint density at radius 1 is 0.905 bits per heavy atom. The van der Waals surface area contributed by atoms with Gasteiger partial charge in [-0.25, -0.2) is 0 Å². The summed E-state index contributed by atoms with van der Waals surface area (Å²) in [4.78, 5) is 20.7. The minimum absolute atomic E-state index is 0.251. The molecule has 0 unspecified atom stereocenters. The summed E-state index contributed by atoms with van der Waals surface area (Å²) < 4.78 is 0. The zero-order valence-corrected chi connectivity index (χ0v) is 11.2. The third-order valence-corrected chi connectivity index (χ3v) is 2.99. The molecule has 0 aliphatic rings. The molecule has 0 saturated heterocycles. The fourth-order valence-corrected chi connectivity index (χ4v) is 1.95. The average molecular weight is 284 g/mol. The first-order valence-corrected chi connectivity index (χ1v) is 6.15. The average Bonchev–Trinajstić information content (AvgIpc) is 2.45. The predicted molar refractivity (Wildman–Crippen MR) is 79.9 cm³/mol. The molecule has 0 saturated carbocycles. The Bertz CT molecular complexity index is 724. The molecule has 0 heterocycles. The van der Waals surface area contributed by atoms with Crippen molar-refractivity contribution in [1.82, 2.24) is 0 Å². The highest BCUT2D eigenvalue weighted by Crippen LogP contribution is 2.29.